The SMILES string of the molecule is C=C(Cl)\C=C/C(/C=N/N(Cc1ccc(F)cc1F)/C(=C/CC)CCNC)=C\CC.CC. The van der Waals surface area contributed by atoms with Gasteiger partial charge in [0.15, 0.2) is 0 Å². The molecule has 0 amide bonds. The van der Waals surface area contributed by atoms with Crippen LogP contribution in [0.2, 0.25) is 0 Å². The Morgan fingerprint density at radius 2 is 1.84 bits per heavy atom. The first kappa shape index (κ1) is 28.8. The molecule has 31 heavy (non-hydrogen) atoms. The Morgan fingerprint density at radius 3 is 2.39 bits per heavy atom. The summed E-state index contributed by atoms with van der Waals surface area (Å²) in [6.07, 6.45) is 11.7. The van der Waals surface area contributed by atoms with Gasteiger partial charge in [-0.15, -0.1) is 0 Å². The molecule has 0 fully saturated rings. The Bertz CT molecular complexity index is 783. The second-order valence-electron chi connectivity index (χ2n) is 6.39. The van der Waals surface area contributed by atoms with Crippen LogP contribution in [0.1, 0.15) is 52.5 Å². The van der Waals surface area contributed by atoms with Crippen LogP contribution in [0.5, 0.6) is 0 Å². The van der Waals surface area contributed by atoms with Gasteiger partial charge in [0.1, 0.15) is 11.6 Å². The van der Waals surface area contributed by atoms with Crippen molar-refractivity contribution in [3.63, 3.8) is 0 Å². The third-order valence-electron chi connectivity index (χ3n) is 3.98. The maximum Gasteiger partial charge on any atom is 0.131 e. The van der Waals surface area contributed by atoms with Crippen molar-refractivity contribution >= 4 is 17.8 Å². The number of hydrazone groups is 1. The van der Waals surface area contributed by atoms with Gasteiger partial charge in [-0.25, -0.2) is 8.78 Å². The van der Waals surface area contributed by atoms with Crippen LogP contribution in [0.25, 0.3) is 0 Å². The molecule has 1 aromatic rings. The largest absolute Gasteiger partial charge is 0.319 e. The zero-order chi connectivity index (χ0) is 23.6. The molecule has 0 aliphatic carbocycles. The van der Waals surface area contributed by atoms with E-state index in [-0.39, 0.29) is 6.54 Å². The quantitative estimate of drug-likeness (QED) is 0.204. The molecule has 0 unspecified atom stereocenters. The van der Waals surface area contributed by atoms with Crippen LogP contribution < -0.4 is 5.32 Å². The highest BCUT2D eigenvalue weighted by atomic mass is 35.5. The molecular formula is C25H36ClF2N3. The lowest BCUT2D eigenvalue weighted by atomic mass is 10.1. The van der Waals surface area contributed by atoms with Crippen molar-refractivity contribution in [1.29, 1.82) is 0 Å². The highest BCUT2D eigenvalue weighted by Gasteiger charge is 2.12. The predicted molar refractivity (Wildman–Crippen MR) is 131 cm³/mol. The van der Waals surface area contributed by atoms with Gasteiger partial charge in [-0.3, -0.25) is 5.01 Å². The van der Waals surface area contributed by atoms with Crippen LogP contribution in [0.3, 0.4) is 0 Å². The van der Waals surface area contributed by atoms with Gasteiger partial charge in [-0.1, -0.05) is 70.2 Å². The fourth-order valence-electron chi connectivity index (χ4n) is 2.58. The number of halogens is 3. The van der Waals surface area contributed by atoms with E-state index in [0.717, 1.165) is 43.1 Å². The molecule has 1 aromatic carbocycles. The monoisotopic (exact) mass is 451 g/mol. The molecule has 0 aromatic heterocycles. The van der Waals surface area contributed by atoms with E-state index in [1.807, 2.05) is 46.9 Å². The minimum absolute atomic E-state index is 0.198. The molecule has 0 atom stereocenters. The Morgan fingerprint density at radius 1 is 1.16 bits per heavy atom. The first-order valence-electron chi connectivity index (χ1n) is 10.7. The highest BCUT2D eigenvalue weighted by Crippen LogP contribution is 2.19. The molecule has 172 valence electrons. The highest BCUT2D eigenvalue weighted by molar-refractivity contribution is 6.30. The van der Waals surface area contributed by atoms with Gasteiger partial charge in [0.25, 0.3) is 0 Å². The van der Waals surface area contributed by atoms with E-state index in [2.05, 4.69) is 23.1 Å². The van der Waals surface area contributed by atoms with Gasteiger partial charge in [-0.2, -0.15) is 5.10 Å². The summed E-state index contributed by atoms with van der Waals surface area (Å²) in [7, 11) is 1.88. The van der Waals surface area contributed by atoms with E-state index < -0.39 is 11.6 Å². The molecule has 0 aliphatic rings. The second-order valence-corrected chi connectivity index (χ2v) is 6.87. The summed E-state index contributed by atoms with van der Waals surface area (Å²) in [5.41, 5.74) is 2.20. The van der Waals surface area contributed by atoms with Crippen molar-refractivity contribution in [3.05, 3.63) is 82.6 Å². The molecule has 0 aliphatic heterocycles. The molecule has 3 nitrogen and oxygen atoms in total. The molecule has 1 rings (SSSR count). The summed E-state index contributed by atoms with van der Waals surface area (Å²) >= 11 is 5.82. The van der Waals surface area contributed by atoms with Crippen molar-refractivity contribution in [2.24, 2.45) is 5.10 Å². The van der Waals surface area contributed by atoms with Crippen molar-refractivity contribution < 1.29 is 8.78 Å². The number of hydrogen-bond donors (Lipinski definition) is 1. The lowest BCUT2D eigenvalue weighted by Gasteiger charge is -2.23. The Hall–Kier alpha value is -2.24. The van der Waals surface area contributed by atoms with E-state index in [4.69, 9.17) is 11.6 Å². The number of hydrogen-bond acceptors (Lipinski definition) is 3. The van der Waals surface area contributed by atoms with E-state index in [9.17, 15) is 8.78 Å². The molecule has 0 bridgehead atoms. The summed E-state index contributed by atoms with van der Waals surface area (Å²) in [6.45, 7) is 12.7. The fourth-order valence-corrected chi connectivity index (χ4v) is 2.64. The molecule has 0 spiro atoms. The smallest absolute Gasteiger partial charge is 0.131 e. The molecule has 1 N–H and O–H groups in total. The number of rotatable bonds is 12. The average Bonchev–Trinajstić information content (AvgIpc) is 2.75. The van der Waals surface area contributed by atoms with Gasteiger partial charge in [0, 0.05) is 35.3 Å². The van der Waals surface area contributed by atoms with Gasteiger partial charge in [-0.05, 0) is 37.6 Å². The van der Waals surface area contributed by atoms with Crippen molar-refractivity contribution in [1.82, 2.24) is 10.3 Å². The van der Waals surface area contributed by atoms with Crippen LogP contribution >= 0.6 is 11.6 Å². The lowest BCUT2D eigenvalue weighted by Crippen LogP contribution is -2.21. The summed E-state index contributed by atoms with van der Waals surface area (Å²) in [6, 6.07) is 3.61. The maximum atomic E-state index is 14.2. The minimum Gasteiger partial charge on any atom is -0.319 e. The standard InChI is InChI=1S/C23H30ClF2N3.C2H6/c1-5-7-19(10-9-18(3)24)16-28-29(22(8-6-2)13-14-27-4)17-20-11-12-21(25)15-23(20)26;1-2/h7-12,15-16,27H,3,5-6,13-14,17H2,1-2,4H3;1-2H3/b10-9-,19-7+,22-8+,28-16+;. The third kappa shape index (κ3) is 12.3. The number of allylic oxidation sites excluding steroid dienone is 6. The molecule has 6 heteroatoms. The van der Waals surface area contributed by atoms with Crippen LogP contribution in [-0.2, 0) is 6.54 Å². The number of benzene rings is 1. The van der Waals surface area contributed by atoms with Crippen LogP contribution in [0.15, 0.2) is 70.5 Å². The van der Waals surface area contributed by atoms with E-state index in [1.54, 1.807) is 17.3 Å². The normalized spacial score (nSPS) is 12.3. The van der Waals surface area contributed by atoms with Gasteiger partial charge >= 0.3 is 0 Å². The molecule has 0 saturated heterocycles. The predicted octanol–water partition coefficient (Wildman–Crippen LogP) is 7.33. The fraction of sp³-hybridized carbons (Fsp3) is 0.400. The Balaban J connectivity index is 0.00000436. The van der Waals surface area contributed by atoms with Crippen molar-refractivity contribution in [2.75, 3.05) is 13.6 Å². The van der Waals surface area contributed by atoms with E-state index in [0.29, 0.717) is 10.6 Å². The zero-order valence-corrected chi connectivity index (χ0v) is 20.1. The molecule has 0 radical (unpaired) electrons. The Kier molecular flexibility index (Phi) is 16.2. The number of nitrogens with one attached hydrogen (secondary N) is 1. The van der Waals surface area contributed by atoms with E-state index in [1.165, 1.54) is 12.1 Å². The summed E-state index contributed by atoms with van der Waals surface area (Å²) in [5, 5.41) is 9.91. The van der Waals surface area contributed by atoms with Gasteiger partial charge in [0.05, 0.1) is 12.8 Å². The number of nitrogens with zero attached hydrogens (tertiary/aromatic N) is 2. The summed E-state index contributed by atoms with van der Waals surface area (Å²) in [5.74, 6) is -1.18. The molecular weight excluding hydrogens is 416 g/mol. The first-order valence-corrected chi connectivity index (χ1v) is 11.1. The second kappa shape index (κ2) is 17.4. The van der Waals surface area contributed by atoms with E-state index >= 15 is 0 Å². The van der Waals surface area contributed by atoms with Gasteiger partial charge in [0.2, 0.25) is 0 Å². The summed E-state index contributed by atoms with van der Waals surface area (Å²) < 4.78 is 27.5. The van der Waals surface area contributed by atoms with Gasteiger partial charge < -0.3 is 5.32 Å². The lowest BCUT2D eigenvalue weighted by molar-refractivity contribution is 0.336. The Labute approximate surface area is 191 Å². The van der Waals surface area contributed by atoms with Crippen LogP contribution in [-0.4, -0.2) is 24.8 Å². The van der Waals surface area contributed by atoms with Crippen molar-refractivity contribution in [3.8, 4) is 0 Å². The minimum atomic E-state index is -0.597. The van der Waals surface area contributed by atoms with Crippen molar-refractivity contribution in [2.45, 2.75) is 53.5 Å². The first-order chi connectivity index (χ1) is 14.9. The van der Waals surface area contributed by atoms with Crippen LogP contribution in [0, 0.1) is 11.6 Å². The summed E-state index contributed by atoms with van der Waals surface area (Å²) in [4.78, 5) is 0. The molecule has 0 heterocycles. The van der Waals surface area contributed by atoms with Crippen LogP contribution in [0.4, 0.5) is 8.78 Å². The third-order valence-corrected chi connectivity index (χ3v) is 4.11. The molecule has 0 saturated carbocycles. The average molecular weight is 452 g/mol. The zero-order valence-electron chi connectivity index (χ0n) is 19.4. The maximum absolute atomic E-state index is 14.2. The topological polar surface area (TPSA) is 27.6 Å².